The molecule has 0 bridgehead atoms. The molecule has 1 aromatic rings. The lowest BCUT2D eigenvalue weighted by atomic mass is 10.1. The van der Waals surface area contributed by atoms with E-state index in [0.717, 1.165) is 42.7 Å². The van der Waals surface area contributed by atoms with Crippen molar-refractivity contribution < 1.29 is 8.42 Å². The Labute approximate surface area is 139 Å². The molecule has 6 heteroatoms. The zero-order chi connectivity index (χ0) is 17.0. The standard InChI is InChI=1S/C17H25N3O2S/c1-14-12-15(2)17(16(3)13-14)23(21,22)20-10-8-19(9-11-20)7-5-4-6-18/h12-13H,4-5,7-11H2,1-3H3. The van der Waals surface area contributed by atoms with Gasteiger partial charge in [-0.05, 0) is 44.9 Å². The molecular weight excluding hydrogens is 310 g/mol. The van der Waals surface area contributed by atoms with E-state index in [2.05, 4.69) is 11.0 Å². The van der Waals surface area contributed by atoms with Crippen LogP contribution in [0.25, 0.3) is 0 Å². The smallest absolute Gasteiger partial charge is 0.243 e. The predicted octanol–water partition coefficient (Wildman–Crippen LogP) is 2.22. The van der Waals surface area contributed by atoms with Crippen LogP contribution in [0.5, 0.6) is 0 Å². The number of aryl methyl sites for hydroxylation is 3. The molecule has 1 saturated heterocycles. The minimum atomic E-state index is -3.43. The SMILES string of the molecule is Cc1cc(C)c(S(=O)(=O)N2CCN(CCCC#N)CC2)c(C)c1. The van der Waals surface area contributed by atoms with Gasteiger partial charge >= 0.3 is 0 Å². The van der Waals surface area contributed by atoms with Crippen LogP contribution in [0.15, 0.2) is 17.0 Å². The van der Waals surface area contributed by atoms with Gasteiger partial charge in [0.05, 0.1) is 11.0 Å². The molecular formula is C17H25N3O2S. The van der Waals surface area contributed by atoms with Crippen LogP contribution in [0.1, 0.15) is 29.5 Å². The van der Waals surface area contributed by atoms with Crippen molar-refractivity contribution in [1.82, 2.24) is 9.21 Å². The highest BCUT2D eigenvalue weighted by molar-refractivity contribution is 7.89. The van der Waals surface area contributed by atoms with Crippen molar-refractivity contribution in [2.45, 2.75) is 38.5 Å². The van der Waals surface area contributed by atoms with Gasteiger partial charge in [0.15, 0.2) is 0 Å². The van der Waals surface area contributed by atoms with Gasteiger partial charge in [0, 0.05) is 32.6 Å². The lowest BCUT2D eigenvalue weighted by molar-refractivity contribution is 0.187. The third-order valence-corrected chi connectivity index (χ3v) is 6.50. The van der Waals surface area contributed by atoms with E-state index in [1.807, 2.05) is 32.9 Å². The number of hydrogen-bond acceptors (Lipinski definition) is 4. The molecule has 0 aromatic heterocycles. The van der Waals surface area contributed by atoms with Crippen molar-refractivity contribution in [3.05, 3.63) is 28.8 Å². The summed E-state index contributed by atoms with van der Waals surface area (Å²) in [6.45, 7) is 9.07. The van der Waals surface area contributed by atoms with E-state index in [1.54, 1.807) is 4.31 Å². The van der Waals surface area contributed by atoms with Crippen molar-refractivity contribution >= 4 is 10.0 Å². The molecule has 0 saturated carbocycles. The lowest BCUT2D eigenvalue weighted by Crippen LogP contribution is -2.48. The molecule has 2 rings (SSSR count). The topological polar surface area (TPSA) is 64.4 Å². The fourth-order valence-corrected chi connectivity index (χ4v) is 5.11. The molecule has 0 atom stereocenters. The lowest BCUT2D eigenvalue weighted by Gasteiger charge is -2.34. The van der Waals surface area contributed by atoms with Crippen LogP contribution in [0.4, 0.5) is 0 Å². The summed E-state index contributed by atoms with van der Waals surface area (Å²) in [6, 6.07) is 6.00. The fourth-order valence-electron chi connectivity index (χ4n) is 3.28. The summed E-state index contributed by atoms with van der Waals surface area (Å²) in [6.07, 6.45) is 1.40. The number of rotatable bonds is 5. The summed E-state index contributed by atoms with van der Waals surface area (Å²) in [5.41, 5.74) is 2.72. The first-order valence-electron chi connectivity index (χ1n) is 8.03. The summed E-state index contributed by atoms with van der Waals surface area (Å²) in [4.78, 5) is 2.69. The average Bonchev–Trinajstić information content (AvgIpc) is 2.46. The molecule has 0 N–H and O–H groups in total. The summed E-state index contributed by atoms with van der Waals surface area (Å²) in [5, 5.41) is 8.59. The van der Waals surface area contributed by atoms with E-state index >= 15 is 0 Å². The van der Waals surface area contributed by atoms with Gasteiger partial charge in [0.1, 0.15) is 0 Å². The quantitative estimate of drug-likeness (QED) is 0.774. The van der Waals surface area contributed by atoms with Crippen LogP contribution >= 0.6 is 0 Å². The Morgan fingerprint density at radius 2 is 1.65 bits per heavy atom. The van der Waals surface area contributed by atoms with E-state index < -0.39 is 10.0 Å². The second kappa shape index (κ2) is 7.43. The number of nitrogens with zero attached hydrogens (tertiary/aromatic N) is 3. The molecule has 0 spiro atoms. The maximum absolute atomic E-state index is 13.0. The van der Waals surface area contributed by atoms with E-state index in [1.165, 1.54) is 0 Å². The first-order chi connectivity index (χ1) is 10.9. The van der Waals surface area contributed by atoms with Crippen LogP contribution in [0.2, 0.25) is 0 Å². The zero-order valence-corrected chi connectivity index (χ0v) is 15.0. The van der Waals surface area contributed by atoms with Crippen LogP contribution < -0.4 is 0 Å². The Hall–Kier alpha value is -1.42. The third kappa shape index (κ3) is 4.11. The highest BCUT2D eigenvalue weighted by Gasteiger charge is 2.30. The molecule has 0 aliphatic carbocycles. The van der Waals surface area contributed by atoms with Gasteiger partial charge in [-0.25, -0.2) is 8.42 Å². The van der Waals surface area contributed by atoms with Gasteiger partial charge in [0.25, 0.3) is 0 Å². The van der Waals surface area contributed by atoms with Gasteiger partial charge in [-0.1, -0.05) is 17.7 Å². The molecule has 1 fully saturated rings. The minimum absolute atomic E-state index is 0.459. The number of benzene rings is 1. The van der Waals surface area contributed by atoms with Crippen molar-refractivity contribution in [1.29, 1.82) is 5.26 Å². The molecule has 5 nitrogen and oxygen atoms in total. The number of sulfonamides is 1. The Balaban J connectivity index is 2.10. The average molecular weight is 335 g/mol. The Morgan fingerprint density at radius 1 is 1.09 bits per heavy atom. The van der Waals surface area contributed by atoms with Crippen LogP contribution in [-0.2, 0) is 10.0 Å². The normalized spacial score (nSPS) is 17.1. The predicted molar refractivity (Wildman–Crippen MR) is 90.7 cm³/mol. The second-order valence-electron chi connectivity index (χ2n) is 6.24. The summed E-state index contributed by atoms with van der Waals surface area (Å²) < 4.78 is 27.5. The van der Waals surface area contributed by atoms with E-state index in [4.69, 9.17) is 5.26 Å². The Bertz CT molecular complexity index is 676. The van der Waals surface area contributed by atoms with Crippen molar-refractivity contribution in [2.75, 3.05) is 32.7 Å². The van der Waals surface area contributed by atoms with Crippen molar-refractivity contribution in [3.63, 3.8) is 0 Å². The Morgan fingerprint density at radius 3 is 2.17 bits per heavy atom. The van der Waals surface area contributed by atoms with Gasteiger partial charge in [-0.2, -0.15) is 9.57 Å². The highest BCUT2D eigenvalue weighted by Crippen LogP contribution is 2.26. The minimum Gasteiger partial charge on any atom is -0.301 e. The van der Waals surface area contributed by atoms with Crippen LogP contribution in [-0.4, -0.2) is 50.3 Å². The Kier molecular flexibility index (Phi) is 5.79. The molecule has 0 unspecified atom stereocenters. The molecule has 1 aliphatic heterocycles. The maximum atomic E-state index is 13.0. The second-order valence-corrected chi connectivity index (χ2v) is 8.11. The summed E-state index contributed by atoms with van der Waals surface area (Å²) >= 11 is 0. The van der Waals surface area contributed by atoms with Crippen molar-refractivity contribution in [2.24, 2.45) is 0 Å². The zero-order valence-electron chi connectivity index (χ0n) is 14.2. The van der Waals surface area contributed by atoms with E-state index in [0.29, 0.717) is 24.4 Å². The van der Waals surface area contributed by atoms with Crippen molar-refractivity contribution in [3.8, 4) is 6.07 Å². The van der Waals surface area contributed by atoms with Crippen LogP contribution in [0, 0.1) is 32.1 Å². The largest absolute Gasteiger partial charge is 0.301 e. The molecule has 23 heavy (non-hydrogen) atoms. The van der Waals surface area contributed by atoms with Gasteiger partial charge in [-0.3, -0.25) is 0 Å². The monoisotopic (exact) mass is 335 g/mol. The number of nitriles is 1. The maximum Gasteiger partial charge on any atom is 0.243 e. The fraction of sp³-hybridized carbons (Fsp3) is 0.588. The first-order valence-corrected chi connectivity index (χ1v) is 9.47. The van der Waals surface area contributed by atoms with Crippen LogP contribution in [0.3, 0.4) is 0 Å². The molecule has 1 aliphatic rings. The third-order valence-electron chi connectivity index (χ3n) is 4.30. The molecule has 126 valence electrons. The molecule has 1 aromatic carbocycles. The molecule has 0 amide bonds. The molecule has 0 radical (unpaired) electrons. The molecule has 1 heterocycles. The van der Waals surface area contributed by atoms with Gasteiger partial charge in [0.2, 0.25) is 10.0 Å². The number of hydrogen-bond donors (Lipinski definition) is 0. The summed E-state index contributed by atoms with van der Waals surface area (Å²) in [7, 11) is -3.43. The summed E-state index contributed by atoms with van der Waals surface area (Å²) in [5.74, 6) is 0. The number of unbranched alkanes of at least 4 members (excludes halogenated alkanes) is 1. The van der Waals surface area contributed by atoms with E-state index in [-0.39, 0.29) is 0 Å². The number of piperazine rings is 1. The van der Waals surface area contributed by atoms with E-state index in [9.17, 15) is 8.42 Å². The van der Waals surface area contributed by atoms with Gasteiger partial charge < -0.3 is 4.90 Å². The van der Waals surface area contributed by atoms with Gasteiger partial charge in [-0.15, -0.1) is 0 Å². The first kappa shape index (κ1) is 17.9. The highest BCUT2D eigenvalue weighted by atomic mass is 32.2.